The van der Waals surface area contributed by atoms with Crippen LogP contribution in [0.2, 0.25) is 0 Å². The summed E-state index contributed by atoms with van der Waals surface area (Å²) in [5, 5.41) is 10.1. The van der Waals surface area contributed by atoms with Gasteiger partial charge in [0.05, 0.1) is 29.8 Å². The number of pyridine rings is 1. The van der Waals surface area contributed by atoms with Crippen LogP contribution in [0.25, 0.3) is 21.8 Å². The van der Waals surface area contributed by atoms with Gasteiger partial charge in [0.15, 0.2) is 16.9 Å². The molecule has 142 valence electrons. The smallest absolute Gasteiger partial charge is 0.331 e. The topological polar surface area (TPSA) is 81.3 Å². The maximum Gasteiger partial charge on any atom is 0.331 e. The predicted molar refractivity (Wildman–Crippen MR) is 109 cm³/mol. The highest BCUT2D eigenvalue weighted by Gasteiger charge is 2.16. The molecule has 3 aromatic carbocycles. The van der Waals surface area contributed by atoms with Crippen LogP contribution >= 0.6 is 0 Å². The molecule has 6 heteroatoms. The van der Waals surface area contributed by atoms with E-state index in [1.165, 1.54) is 19.2 Å². The summed E-state index contributed by atoms with van der Waals surface area (Å²) in [4.78, 5) is 25.5. The Balaban J connectivity index is 1.76. The summed E-state index contributed by atoms with van der Waals surface area (Å²) in [6.45, 7) is -0.0928. The van der Waals surface area contributed by atoms with Crippen molar-refractivity contribution in [3.05, 3.63) is 82.5 Å². The maximum atomic E-state index is 12.8. The molecule has 0 N–H and O–H groups in total. The predicted octanol–water partition coefficient (Wildman–Crippen LogP) is 3.64. The van der Waals surface area contributed by atoms with Gasteiger partial charge in [-0.2, -0.15) is 5.26 Å². The zero-order valence-corrected chi connectivity index (χ0v) is 15.6. The molecule has 0 saturated heterocycles. The van der Waals surface area contributed by atoms with Gasteiger partial charge < -0.3 is 14.0 Å². The maximum absolute atomic E-state index is 12.8. The monoisotopic (exact) mass is 384 g/mol. The highest BCUT2D eigenvalue weighted by molar-refractivity contribution is 5.94. The first-order valence-electron chi connectivity index (χ1n) is 8.91. The minimum absolute atomic E-state index is 0.0745. The quantitative estimate of drug-likeness (QED) is 0.305. The Morgan fingerprint density at radius 3 is 2.17 bits per heavy atom. The van der Waals surface area contributed by atoms with Crippen LogP contribution in [-0.2, 0) is 11.3 Å². The van der Waals surface area contributed by atoms with Crippen molar-refractivity contribution in [3.8, 4) is 17.6 Å². The average molecular weight is 384 g/mol. The minimum atomic E-state index is -0.521. The summed E-state index contributed by atoms with van der Waals surface area (Å²) in [5.41, 5.74) is 1.63. The lowest BCUT2D eigenvalue weighted by Crippen LogP contribution is -2.20. The number of ether oxygens (including phenoxy) is 2. The number of aromatic nitrogens is 1. The Hall–Kier alpha value is -4.11. The summed E-state index contributed by atoms with van der Waals surface area (Å²) in [6, 6.07) is 20.9. The van der Waals surface area contributed by atoms with Crippen LogP contribution in [0.4, 0.5) is 0 Å². The van der Waals surface area contributed by atoms with E-state index in [4.69, 9.17) is 14.7 Å². The normalized spacial score (nSPS) is 10.6. The summed E-state index contributed by atoms with van der Waals surface area (Å²) in [6.07, 6.45) is 0. The molecule has 4 rings (SSSR count). The summed E-state index contributed by atoms with van der Waals surface area (Å²) in [5.74, 6) is 0.00476. The third-order valence-electron chi connectivity index (χ3n) is 4.68. The molecule has 1 heterocycles. The van der Waals surface area contributed by atoms with Gasteiger partial charge in [0.1, 0.15) is 6.54 Å². The largest absolute Gasteiger partial charge is 0.493 e. The van der Waals surface area contributed by atoms with Crippen molar-refractivity contribution >= 4 is 27.8 Å². The SMILES string of the molecule is COc1cc(C#N)ccc1OC(=O)Cn1c2ccccc2c(=O)c2ccccc21. The first-order valence-corrected chi connectivity index (χ1v) is 8.91. The number of fused-ring (bicyclic) bond motifs is 2. The number of rotatable bonds is 4. The van der Waals surface area contributed by atoms with Gasteiger partial charge in [-0.25, -0.2) is 4.79 Å². The molecule has 0 aliphatic carbocycles. The van der Waals surface area contributed by atoms with Gasteiger partial charge in [-0.3, -0.25) is 4.79 Å². The molecule has 0 bridgehead atoms. The second-order valence-electron chi connectivity index (χ2n) is 6.40. The molecule has 0 spiro atoms. The molecule has 0 unspecified atom stereocenters. The van der Waals surface area contributed by atoms with Crippen molar-refractivity contribution in [2.24, 2.45) is 0 Å². The molecule has 0 aliphatic heterocycles. The number of benzene rings is 3. The number of hydrogen-bond acceptors (Lipinski definition) is 5. The molecule has 1 aromatic heterocycles. The van der Waals surface area contributed by atoms with Crippen LogP contribution in [0, 0.1) is 11.3 Å². The Kier molecular flexibility index (Phi) is 4.71. The van der Waals surface area contributed by atoms with Gasteiger partial charge in [-0.1, -0.05) is 24.3 Å². The fraction of sp³-hybridized carbons (Fsp3) is 0.0870. The van der Waals surface area contributed by atoms with Crippen molar-refractivity contribution in [1.29, 1.82) is 5.26 Å². The van der Waals surface area contributed by atoms with Crippen molar-refractivity contribution in [1.82, 2.24) is 4.57 Å². The van der Waals surface area contributed by atoms with Gasteiger partial charge >= 0.3 is 5.97 Å². The Bertz CT molecular complexity index is 1290. The van der Waals surface area contributed by atoms with Crippen LogP contribution in [0.3, 0.4) is 0 Å². The fourth-order valence-electron chi connectivity index (χ4n) is 3.35. The number of esters is 1. The molecule has 0 amide bonds. The van der Waals surface area contributed by atoms with Gasteiger partial charge in [0.25, 0.3) is 0 Å². The van der Waals surface area contributed by atoms with E-state index < -0.39 is 5.97 Å². The summed E-state index contributed by atoms with van der Waals surface area (Å²) >= 11 is 0. The first kappa shape index (κ1) is 18.3. The number of carbonyl (C=O) groups is 1. The molecule has 6 nitrogen and oxygen atoms in total. The van der Waals surface area contributed by atoms with Crippen molar-refractivity contribution in [2.75, 3.05) is 7.11 Å². The third-order valence-corrected chi connectivity index (χ3v) is 4.68. The second kappa shape index (κ2) is 7.49. The van der Waals surface area contributed by atoms with E-state index in [0.29, 0.717) is 33.1 Å². The van der Waals surface area contributed by atoms with Crippen molar-refractivity contribution < 1.29 is 14.3 Å². The molecular formula is C23H16N2O4. The van der Waals surface area contributed by atoms with Gasteiger partial charge in [-0.15, -0.1) is 0 Å². The molecule has 0 aliphatic rings. The van der Waals surface area contributed by atoms with Crippen LogP contribution in [0.15, 0.2) is 71.5 Å². The number of nitrogens with zero attached hydrogens (tertiary/aromatic N) is 2. The van der Waals surface area contributed by atoms with Gasteiger partial charge in [0, 0.05) is 16.8 Å². The van der Waals surface area contributed by atoms with Crippen LogP contribution in [-0.4, -0.2) is 17.6 Å². The number of hydrogen-bond donors (Lipinski definition) is 0. The Labute approximate surface area is 166 Å². The van der Waals surface area contributed by atoms with Crippen molar-refractivity contribution in [3.63, 3.8) is 0 Å². The second-order valence-corrected chi connectivity index (χ2v) is 6.40. The molecular weight excluding hydrogens is 368 g/mol. The number of methoxy groups -OCH3 is 1. The molecule has 0 radical (unpaired) electrons. The first-order chi connectivity index (χ1) is 14.1. The lowest BCUT2D eigenvalue weighted by Gasteiger charge is -2.15. The van der Waals surface area contributed by atoms with Crippen LogP contribution in [0.5, 0.6) is 11.5 Å². The summed E-state index contributed by atoms with van der Waals surface area (Å²) < 4.78 is 12.5. The zero-order valence-electron chi connectivity index (χ0n) is 15.6. The highest BCUT2D eigenvalue weighted by Crippen LogP contribution is 2.28. The van der Waals surface area contributed by atoms with Gasteiger partial charge in [0.2, 0.25) is 0 Å². The van der Waals surface area contributed by atoms with Crippen LogP contribution in [0.1, 0.15) is 5.56 Å². The standard InChI is InChI=1S/C23H16N2O4/c1-28-21-12-15(13-24)10-11-20(21)29-22(26)14-25-18-8-4-2-6-16(18)23(27)17-7-3-5-9-19(17)25/h2-12H,14H2,1H3. The van der Waals surface area contributed by atoms with E-state index in [-0.39, 0.29) is 17.7 Å². The van der Waals surface area contributed by atoms with Crippen molar-refractivity contribution in [2.45, 2.75) is 6.54 Å². The number of nitriles is 1. The molecule has 0 atom stereocenters. The number of carbonyl (C=O) groups excluding carboxylic acids is 1. The third kappa shape index (κ3) is 3.30. The van der Waals surface area contributed by atoms with E-state index >= 15 is 0 Å². The summed E-state index contributed by atoms with van der Waals surface area (Å²) in [7, 11) is 1.44. The Morgan fingerprint density at radius 2 is 1.59 bits per heavy atom. The van der Waals surface area contributed by atoms with E-state index in [2.05, 4.69) is 0 Å². The van der Waals surface area contributed by atoms with E-state index in [1.807, 2.05) is 18.2 Å². The fourth-order valence-corrected chi connectivity index (χ4v) is 3.35. The van der Waals surface area contributed by atoms with Gasteiger partial charge in [-0.05, 0) is 36.4 Å². The van der Waals surface area contributed by atoms with Crippen LogP contribution < -0.4 is 14.9 Å². The lowest BCUT2D eigenvalue weighted by atomic mass is 10.1. The number of para-hydroxylation sites is 2. The zero-order chi connectivity index (χ0) is 20.4. The molecule has 0 fully saturated rings. The lowest BCUT2D eigenvalue weighted by molar-refractivity contribution is -0.135. The molecule has 0 saturated carbocycles. The van der Waals surface area contributed by atoms with E-state index in [1.54, 1.807) is 47.0 Å². The Morgan fingerprint density at radius 1 is 0.966 bits per heavy atom. The average Bonchev–Trinajstić information content (AvgIpc) is 2.77. The highest BCUT2D eigenvalue weighted by atomic mass is 16.6. The van der Waals surface area contributed by atoms with E-state index in [9.17, 15) is 9.59 Å². The minimum Gasteiger partial charge on any atom is -0.493 e. The molecule has 4 aromatic rings. The molecule has 29 heavy (non-hydrogen) atoms. The van der Waals surface area contributed by atoms with E-state index in [0.717, 1.165) is 0 Å².